The van der Waals surface area contributed by atoms with Crippen molar-refractivity contribution in [2.24, 2.45) is 0 Å². The Labute approximate surface area is 93.4 Å². The largest absolute Gasteiger partial charge is 0.464 e. The van der Waals surface area contributed by atoms with E-state index < -0.39 is 5.60 Å². The lowest BCUT2D eigenvalue weighted by molar-refractivity contribution is -0.0128. The summed E-state index contributed by atoms with van der Waals surface area (Å²) in [5, 5.41) is 0. The summed E-state index contributed by atoms with van der Waals surface area (Å²) in [6.45, 7) is 1.88. The Bertz CT molecular complexity index is 372. The van der Waals surface area contributed by atoms with Gasteiger partial charge in [-0.15, -0.1) is 11.6 Å². The molecule has 15 heavy (non-hydrogen) atoms. The summed E-state index contributed by atoms with van der Waals surface area (Å²) in [6.07, 6.45) is 4.13. The van der Waals surface area contributed by atoms with Gasteiger partial charge in [0.2, 0.25) is 0 Å². The van der Waals surface area contributed by atoms with Crippen LogP contribution in [0.3, 0.4) is 0 Å². The van der Waals surface area contributed by atoms with Gasteiger partial charge in [-0.3, -0.25) is 0 Å². The number of furan rings is 1. The van der Waals surface area contributed by atoms with Crippen LogP contribution in [-0.2, 0) is 10.3 Å². The van der Waals surface area contributed by atoms with Crippen molar-refractivity contribution in [1.29, 1.82) is 0 Å². The first-order valence-corrected chi connectivity index (χ1v) is 5.58. The molecule has 1 aliphatic rings. The van der Waals surface area contributed by atoms with Gasteiger partial charge in [-0.1, -0.05) is 0 Å². The second-order valence-corrected chi connectivity index (χ2v) is 4.31. The molecule has 0 aromatic carbocycles. The summed E-state index contributed by atoms with van der Waals surface area (Å²) in [7, 11) is 0. The molecule has 1 aliphatic heterocycles. The quantitative estimate of drug-likeness (QED) is 0.452. The Kier molecular flexibility index (Phi) is 2.74. The zero-order chi connectivity index (χ0) is 10.9. The number of hydrogen-bond donors (Lipinski definition) is 0. The fraction of sp³-hybridized carbons (Fsp3) is 0.545. The van der Waals surface area contributed by atoms with E-state index in [4.69, 9.17) is 20.8 Å². The van der Waals surface area contributed by atoms with E-state index in [1.54, 1.807) is 6.07 Å². The SMILES string of the molecule is CC1(CCCCCl)OC(=O)c2ccoc21. The fourth-order valence-corrected chi connectivity index (χ4v) is 2.10. The average molecular weight is 229 g/mol. The van der Waals surface area contributed by atoms with Gasteiger partial charge in [-0.05, 0) is 32.3 Å². The van der Waals surface area contributed by atoms with E-state index in [2.05, 4.69) is 0 Å². The van der Waals surface area contributed by atoms with Crippen LogP contribution >= 0.6 is 11.6 Å². The molecule has 1 aromatic heterocycles. The third-order valence-corrected chi connectivity index (χ3v) is 2.99. The van der Waals surface area contributed by atoms with Gasteiger partial charge in [-0.2, -0.15) is 0 Å². The van der Waals surface area contributed by atoms with E-state index in [1.165, 1.54) is 6.26 Å². The molecule has 0 saturated heterocycles. The molecule has 0 aliphatic carbocycles. The first-order chi connectivity index (χ1) is 7.17. The molecule has 2 heterocycles. The molecule has 1 unspecified atom stereocenters. The average Bonchev–Trinajstić information content (AvgIpc) is 2.73. The molecule has 82 valence electrons. The maximum atomic E-state index is 11.5. The predicted molar refractivity (Wildman–Crippen MR) is 56.0 cm³/mol. The van der Waals surface area contributed by atoms with Crippen molar-refractivity contribution in [1.82, 2.24) is 0 Å². The number of cyclic esters (lactones) is 1. The number of rotatable bonds is 4. The van der Waals surface area contributed by atoms with Crippen molar-refractivity contribution in [3.63, 3.8) is 0 Å². The Hall–Kier alpha value is -0.960. The monoisotopic (exact) mass is 228 g/mol. The molecule has 0 radical (unpaired) electrons. The number of halogens is 1. The van der Waals surface area contributed by atoms with Gasteiger partial charge in [0.1, 0.15) is 5.56 Å². The molecule has 0 N–H and O–H groups in total. The molecule has 0 bridgehead atoms. The maximum Gasteiger partial charge on any atom is 0.342 e. The molecule has 3 nitrogen and oxygen atoms in total. The second-order valence-electron chi connectivity index (χ2n) is 3.93. The van der Waals surface area contributed by atoms with Gasteiger partial charge in [0, 0.05) is 5.88 Å². The highest BCUT2D eigenvalue weighted by Gasteiger charge is 2.44. The summed E-state index contributed by atoms with van der Waals surface area (Å²) in [4.78, 5) is 11.5. The van der Waals surface area contributed by atoms with Crippen molar-refractivity contribution >= 4 is 17.6 Å². The number of esters is 1. The smallest absolute Gasteiger partial charge is 0.342 e. The van der Waals surface area contributed by atoms with E-state index in [0.29, 0.717) is 17.2 Å². The molecule has 0 spiro atoms. The predicted octanol–water partition coefficient (Wildman–Crippen LogP) is 3.07. The van der Waals surface area contributed by atoms with Crippen LogP contribution in [0, 0.1) is 0 Å². The van der Waals surface area contributed by atoms with Crippen molar-refractivity contribution in [3.05, 3.63) is 23.7 Å². The lowest BCUT2D eigenvalue weighted by Gasteiger charge is -2.21. The Morgan fingerprint density at radius 2 is 2.27 bits per heavy atom. The summed E-state index contributed by atoms with van der Waals surface area (Å²) in [5.41, 5.74) is -0.0366. The Morgan fingerprint density at radius 1 is 1.47 bits per heavy atom. The van der Waals surface area contributed by atoms with Gasteiger partial charge in [0.25, 0.3) is 0 Å². The number of fused-ring (bicyclic) bond motifs is 1. The zero-order valence-electron chi connectivity index (χ0n) is 8.59. The summed E-state index contributed by atoms with van der Waals surface area (Å²) >= 11 is 5.61. The van der Waals surface area contributed by atoms with Crippen molar-refractivity contribution in [2.75, 3.05) is 5.88 Å². The third-order valence-electron chi connectivity index (χ3n) is 2.72. The zero-order valence-corrected chi connectivity index (χ0v) is 9.34. The minimum absolute atomic E-state index is 0.285. The van der Waals surface area contributed by atoms with Gasteiger partial charge < -0.3 is 9.15 Å². The number of ether oxygens (including phenoxy) is 1. The number of carbonyl (C=O) groups is 1. The summed E-state index contributed by atoms with van der Waals surface area (Å²) < 4.78 is 10.6. The topological polar surface area (TPSA) is 39.4 Å². The van der Waals surface area contributed by atoms with Crippen LogP contribution in [0.1, 0.15) is 42.3 Å². The molecule has 4 heteroatoms. The molecule has 0 amide bonds. The van der Waals surface area contributed by atoms with Gasteiger partial charge in [0.05, 0.1) is 6.26 Å². The molecule has 1 aromatic rings. The van der Waals surface area contributed by atoms with Crippen LogP contribution in [0.5, 0.6) is 0 Å². The molecule has 0 fully saturated rings. The first kappa shape index (κ1) is 10.6. The lowest BCUT2D eigenvalue weighted by Crippen LogP contribution is -2.21. The summed E-state index contributed by atoms with van der Waals surface area (Å²) in [5.74, 6) is 1.00. The van der Waals surface area contributed by atoms with Crippen molar-refractivity contribution < 1.29 is 13.9 Å². The highest BCUT2D eigenvalue weighted by Crippen LogP contribution is 2.40. The molecule has 2 rings (SSSR count). The van der Waals surface area contributed by atoms with Crippen molar-refractivity contribution in [3.8, 4) is 0 Å². The maximum absolute atomic E-state index is 11.5. The van der Waals surface area contributed by atoms with Crippen LogP contribution in [-0.4, -0.2) is 11.8 Å². The highest BCUT2D eigenvalue weighted by atomic mass is 35.5. The highest BCUT2D eigenvalue weighted by molar-refractivity contribution is 6.17. The molecular weight excluding hydrogens is 216 g/mol. The molecular formula is C11H13ClO3. The normalized spacial score (nSPS) is 24.0. The lowest BCUT2D eigenvalue weighted by atomic mass is 9.96. The van der Waals surface area contributed by atoms with E-state index in [-0.39, 0.29) is 5.97 Å². The first-order valence-electron chi connectivity index (χ1n) is 5.05. The number of alkyl halides is 1. The van der Waals surface area contributed by atoms with Gasteiger partial charge >= 0.3 is 5.97 Å². The Morgan fingerprint density at radius 3 is 3.00 bits per heavy atom. The fourth-order valence-electron chi connectivity index (χ4n) is 1.91. The van der Waals surface area contributed by atoms with Gasteiger partial charge in [0.15, 0.2) is 11.4 Å². The summed E-state index contributed by atoms with van der Waals surface area (Å²) in [6, 6.07) is 1.66. The minimum Gasteiger partial charge on any atom is -0.464 e. The van der Waals surface area contributed by atoms with Crippen LogP contribution in [0.15, 0.2) is 16.7 Å². The van der Waals surface area contributed by atoms with Crippen molar-refractivity contribution in [2.45, 2.75) is 31.8 Å². The van der Waals surface area contributed by atoms with Gasteiger partial charge in [-0.25, -0.2) is 4.79 Å². The second kappa shape index (κ2) is 3.89. The molecule has 0 saturated carbocycles. The van der Waals surface area contributed by atoms with E-state index in [0.717, 1.165) is 19.3 Å². The van der Waals surface area contributed by atoms with Crippen LogP contribution in [0.25, 0.3) is 0 Å². The van der Waals surface area contributed by atoms with Crippen LogP contribution in [0.2, 0.25) is 0 Å². The van der Waals surface area contributed by atoms with Crippen LogP contribution < -0.4 is 0 Å². The van der Waals surface area contributed by atoms with E-state index >= 15 is 0 Å². The third kappa shape index (κ3) is 1.76. The van der Waals surface area contributed by atoms with E-state index in [9.17, 15) is 4.79 Å². The molecule has 1 atom stereocenters. The minimum atomic E-state index is -0.595. The standard InChI is InChI=1S/C11H13ClO3/c1-11(5-2-3-6-12)9-8(4-7-14-9)10(13)15-11/h4,7H,2-3,5-6H2,1H3. The Balaban J connectivity index is 2.14. The van der Waals surface area contributed by atoms with Crippen LogP contribution in [0.4, 0.5) is 0 Å². The number of hydrogen-bond acceptors (Lipinski definition) is 3. The van der Waals surface area contributed by atoms with E-state index in [1.807, 2.05) is 6.92 Å². The number of unbranched alkanes of at least 4 members (excludes halogenated alkanes) is 1. The number of carbonyl (C=O) groups excluding carboxylic acids is 1.